The molecule has 0 aromatic rings. The zero-order valence-corrected chi connectivity index (χ0v) is 4.37. The Balaban J connectivity index is 3.20. The summed E-state index contributed by atoms with van der Waals surface area (Å²) in [6.07, 6.45) is 2.82. The van der Waals surface area contributed by atoms with Crippen molar-refractivity contribution in [2.75, 3.05) is 6.61 Å². The molecule has 0 aromatic carbocycles. The van der Waals surface area contributed by atoms with Crippen LogP contribution in [0, 0.1) is 0 Å². The summed E-state index contributed by atoms with van der Waals surface area (Å²) in [7, 11) is 0. The van der Waals surface area contributed by atoms with Crippen LogP contribution in [-0.4, -0.2) is 22.8 Å². The van der Waals surface area contributed by atoms with Crippen molar-refractivity contribution >= 4 is 5.97 Å². The predicted molar refractivity (Wildman–Crippen MR) is 28.5 cm³/mol. The molecule has 0 radical (unpaired) electrons. The molecule has 0 aliphatic carbocycles. The SMILES string of the molecule is O=C(O)/C=C/CCO. The third-order valence-corrected chi connectivity index (χ3v) is 0.556. The van der Waals surface area contributed by atoms with Crippen LogP contribution in [0.1, 0.15) is 6.42 Å². The molecular weight excluding hydrogens is 108 g/mol. The Kier molecular flexibility index (Phi) is 3.88. The normalized spacial score (nSPS) is 10.1. The second-order valence-electron chi connectivity index (χ2n) is 1.25. The van der Waals surface area contributed by atoms with Gasteiger partial charge in [-0.25, -0.2) is 4.79 Å². The maximum Gasteiger partial charge on any atom is 0.327 e. The highest BCUT2D eigenvalue weighted by Crippen LogP contribution is 1.78. The topological polar surface area (TPSA) is 57.5 Å². The van der Waals surface area contributed by atoms with Gasteiger partial charge in [-0.1, -0.05) is 6.08 Å². The van der Waals surface area contributed by atoms with Crippen LogP contribution in [0.2, 0.25) is 0 Å². The first-order valence-corrected chi connectivity index (χ1v) is 2.27. The smallest absolute Gasteiger partial charge is 0.327 e. The largest absolute Gasteiger partial charge is 0.478 e. The zero-order chi connectivity index (χ0) is 6.41. The highest BCUT2D eigenvalue weighted by atomic mass is 16.4. The van der Waals surface area contributed by atoms with Gasteiger partial charge in [0, 0.05) is 12.7 Å². The Labute approximate surface area is 47.3 Å². The van der Waals surface area contributed by atoms with E-state index >= 15 is 0 Å². The van der Waals surface area contributed by atoms with E-state index in [9.17, 15) is 4.79 Å². The van der Waals surface area contributed by atoms with Gasteiger partial charge in [-0.3, -0.25) is 0 Å². The zero-order valence-electron chi connectivity index (χ0n) is 4.37. The standard InChI is InChI=1S/C5H8O3/c6-4-2-1-3-5(7)8/h1,3,6H,2,4H2,(H,7,8)/b3-1+. The highest BCUT2D eigenvalue weighted by Gasteiger charge is 1.81. The van der Waals surface area contributed by atoms with Crippen LogP contribution in [-0.2, 0) is 4.79 Å². The quantitative estimate of drug-likeness (QED) is 0.510. The molecule has 0 rings (SSSR count). The van der Waals surface area contributed by atoms with E-state index in [1.165, 1.54) is 6.08 Å². The molecule has 3 nitrogen and oxygen atoms in total. The second-order valence-corrected chi connectivity index (χ2v) is 1.25. The first-order valence-electron chi connectivity index (χ1n) is 2.27. The van der Waals surface area contributed by atoms with Gasteiger partial charge >= 0.3 is 5.97 Å². The van der Waals surface area contributed by atoms with Crippen molar-refractivity contribution in [1.29, 1.82) is 0 Å². The molecule has 0 unspecified atom stereocenters. The summed E-state index contributed by atoms with van der Waals surface area (Å²) in [6, 6.07) is 0. The lowest BCUT2D eigenvalue weighted by Gasteiger charge is -1.79. The Hall–Kier alpha value is -0.830. The van der Waals surface area contributed by atoms with Crippen molar-refractivity contribution in [3.05, 3.63) is 12.2 Å². The minimum absolute atomic E-state index is 0.00375. The average Bonchev–Trinajstić information content (AvgIpc) is 1.66. The van der Waals surface area contributed by atoms with E-state index in [1.54, 1.807) is 0 Å². The fourth-order valence-electron chi connectivity index (χ4n) is 0.259. The van der Waals surface area contributed by atoms with E-state index in [1.807, 2.05) is 0 Å². The Bertz CT molecular complexity index is 95.8. The fourth-order valence-corrected chi connectivity index (χ4v) is 0.259. The number of aliphatic hydroxyl groups is 1. The van der Waals surface area contributed by atoms with Crippen molar-refractivity contribution in [3.63, 3.8) is 0 Å². The molecule has 0 amide bonds. The number of carbonyl (C=O) groups is 1. The van der Waals surface area contributed by atoms with E-state index in [4.69, 9.17) is 10.2 Å². The highest BCUT2D eigenvalue weighted by molar-refractivity contribution is 5.79. The van der Waals surface area contributed by atoms with Crippen LogP contribution in [0.4, 0.5) is 0 Å². The van der Waals surface area contributed by atoms with Crippen LogP contribution in [0.5, 0.6) is 0 Å². The fraction of sp³-hybridized carbons (Fsp3) is 0.400. The first kappa shape index (κ1) is 7.17. The number of aliphatic carboxylic acids is 1. The summed E-state index contributed by atoms with van der Waals surface area (Å²) >= 11 is 0. The van der Waals surface area contributed by atoms with Crippen LogP contribution >= 0.6 is 0 Å². The second kappa shape index (κ2) is 4.33. The summed E-state index contributed by atoms with van der Waals surface area (Å²) < 4.78 is 0. The third-order valence-electron chi connectivity index (χ3n) is 0.556. The summed E-state index contributed by atoms with van der Waals surface area (Å²) in [4.78, 5) is 9.71. The van der Waals surface area contributed by atoms with Gasteiger partial charge < -0.3 is 10.2 Å². The van der Waals surface area contributed by atoms with E-state index in [-0.39, 0.29) is 6.61 Å². The molecule has 0 fully saturated rings. The summed E-state index contributed by atoms with van der Waals surface area (Å²) in [5, 5.41) is 16.1. The minimum Gasteiger partial charge on any atom is -0.478 e. The van der Waals surface area contributed by atoms with Gasteiger partial charge in [0.05, 0.1) is 0 Å². The van der Waals surface area contributed by atoms with Crippen LogP contribution in [0.3, 0.4) is 0 Å². The molecule has 0 saturated carbocycles. The maximum absolute atomic E-state index is 9.71. The lowest BCUT2D eigenvalue weighted by molar-refractivity contribution is -0.131. The van der Waals surface area contributed by atoms with Crippen LogP contribution in [0.15, 0.2) is 12.2 Å². The molecule has 0 aliphatic rings. The molecule has 0 heterocycles. The molecule has 8 heavy (non-hydrogen) atoms. The van der Waals surface area contributed by atoms with E-state index in [0.717, 1.165) is 6.08 Å². The molecule has 0 spiro atoms. The van der Waals surface area contributed by atoms with Gasteiger partial charge in [-0.2, -0.15) is 0 Å². The summed E-state index contributed by atoms with van der Waals surface area (Å²) in [5.74, 6) is -0.974. The van der Waals surface area contributed by atoms with Crippen molar-refractivity contribution in [2.45, 2.75) is 6.42 Å². The first-order chi connectivity index (χ1) is 3.77. The Morgan fingerprint density at radius 1 is 1.62 bits per heavy atom. The number of rotatable bonds is 3. The number of carboxylic acids is 1. The van der Waals surface area contributed by atoms with E-state index in [0.29, 0.717) is 6.42 Å². The molecule has 2 N–H and O–H groups in total. The number of aliphatic hydroxyl groups excluding tert-OH is 1. The van der Waals surface area contributed by atoms with Gasteiger partial charge in [0.15, 0.2) is 0 Å². The van der Waals surface area contributed by atoms with E-state index < -0.39 is 5.97 Å². The summed E-state index contributed by atoms with van der Waals surface area (Å²) in [5.41, 5.74) is 0. The van der Waals surface area contributed by atoms with Crippen molar-refractivity contribution < 1.29 is 15.0 Å². The minimum atomic E-state index is -0.974. The molecule has 0 bridgehead atoms. The molecule has 0 aromatic heterocycles. The van der Waals surface area contributed by atoms with E-state index in [2.05, 4.69) is 0 Å². The maximum atomic E-state index is 9.71. The molecule has 0 aliphatic heterocycles. The van der Waals surface area contributed by atoms with Crippen LogP contribution < -0.4 is 0 Å². The van der Waals surface area contributed by atoms with Gasteiger partial charge in [-0.05, 0) is 6.42 Å². The number of hydrogen-bond acceptors (Lipinski definition) is 2. The van der Waals surface area contributed by atoms with Gasteiger partial charge in [-0.15, -0.1) is 0 Å². The number of carboxylic acid groups (broad SMARTS) is 1. The molecular formula is C5H8O3. The summed E-state index contributed by atoms with van der Waals surface area (Å²) in [6.45, 7) is 0.00375. The van der Waals surface area contributed by atoms with Crippen LogP contribution in [0.25, 0.3) is 0 Å². The van der Waals surface area contributed by atoms with Gasteiger partial charge in [0.25, 0.3) is 0 Å². The third kappa shape index (κ3) is 5.17. The molecule has 0 atom stereocenters. The van der Waals surface area contributed by atoms with Crippen molar-refractivity contribution in [3.8, 4) is 0 Å². The molecule has 46 valence electrons. The molecule has 0 saturated heterocycles. The Morgan fingerprint density at radius 2 is 2.25 bits per heavy atom. The lowest BCUT2D eigenvalue weighted by Crippen LogP contribution is -1.86. The van der Waals surface area contributed by atoms with Crippen molar-refractivity contribution in [1.82, 2.24) is 0 Å². The predicted octanol–water partition coefficient (Wildman–Crippen LogP) is 0.00960. The average molecular weight is 116 g/mol. The van der Waals surface area contributed by atoms with Gasteiger partial charge in [0.2, 0.25) is 0 Å². The van der Waals surface area contributed by atoms with Gasteiger partial charge in [0.1, 0.15) is 0 Å². The number of hydrogen-bond donors (Lipinski definition) is 2. The monoisotopic (exact) mass is 116 g/mol. The lowest BCUT2D eigenvalue weighted by atomic mass is 10.4. The Morgan fingerprint density at radius 3 is 2.62 bits per heavy atom. The molecule has 3 heteroatoms. The van der Waals surface area contributed by atoms with Crippen molar-refractivity contribution in [2.24, 2.45) is 0 Å².